The van der Waals surface area contributed by atoms with E-state index in [1.807, 2.05) is 12.1 Å². The zero-order chi connectivity index (χ0) is 14.5. The maximum Gasteiger partial charge on any atom is 0.0640 e. The molecule has 1 aromatic carbocycles. The van der Waals surface area contributed by atoms with Crippen molar-refractivity contribution in [3.05, 3.63) is 33.8 Å². The van der Waals surface area contributed by atoms with Crippen LogP contribution in [0.3, 0.4) is 0 Å². The molecule has 2 rings (SSSR count). The van der Waals surface area contributed by atoms with Crippen molar-refractivity contribution in [1.82, 2.24) is 5.32 Å². The van der Waals surface area contributed by atoms with Gasteiger partial charge in [0.2, 0.25) is 0 Å². The van der Waals surface area contributed by atoms with Crippen LogP contribution in [-0.2, 0) is 4.74 Å². The molecule has 20 heavy (non-hydrogen) atoms. The van der Waals surface area contributed by atoms with Gasteiger partial charge >= 0.3 is 0 Å². The normalized spacial score (nSPS) is 23.4. The van der Waals surface area contributed by atoms with Gasteiger partial charge < -0.3 is 10.1 Å². The molecule has 1 unspecified atom stereocenters. The van der Waals surface area contributed by atoms with Gasteiger partial charge in [-0.25, -0.2) is 0 Å². The smallest absolute Gasteiger partial charge is 0.0640 e. The summed E-state index contributed by atoms with van der Waals surface area (Å²) in [5.41, 5.74) is 1.11. The summed E-state index contributed by atoms with van der Waals surface area (Å²) in [7, 11) is 0. The van der Waals surface area contributed by atoms with Gasteiger partial charge in [0.05, 0.1) is 16.1 Å². The van der Waals surface area contributed by atoms with Gasteiger partial charge in [0.1, 0.15) is 0 Å². The van der Waals surface area contributed by atoms with E-state index in [0.29, 0.717) is 22.1 Å². The quantitative estimate of drug-likeness (QED) is 0.776. The molecule has 4 heteroatoms. The van der Waals surface area contributed by atoms with Gasteiger partial charge in [-0.15, -0.1) is 0 Å². The molecule has 2 nitrogen and oxygen atoms in total. The van der Waals surface area contributed by atoms with Gasteiger partial charge in [0, 0.05) is 12.6 Å². The lowest BCUT2D eigenvalue weighted by Gasteiger charge is -2.37. The third kappa shape index (κ3) is 3.88. The highest BCUT2D eigenvalue weighted by Crippen LogP contribution is 2.39. The largest absolute Gasteiger partial charge is 0.378 e. The van der Waals surface area contributed by atoms with Crippen LogP contribution in [0, 0.1) is 5.92 Å². The highest BCUT2D eigenvalue weighted by atomic mass is 35.5. The number of benzene rings is 1. The molecule has 0 aliphatic heterocycles. The molecule has 0 bridgehead atoms. The van der Waals surface area contributed by atoms with Crippen molar-refractivity contribution in [1.29, 1.82) is 0 Å². The molecule has 1 atom stereocenters. The van der Waals surface area contributed by atoms with E-state index in [4.69, 9.17) is 27.9 Å². The van der Waals surface area contributed by atoms with E-state index in [0.717, 1.165) is 38.0 Å². The first-order valence-electron chi connectivity index (χ1n) is 7.44. The standard InChI is InChI=1S/C16H23Cl2NO/c1-3-19-15(10-11-8-12(9-11)20-4-2)13-6-5-7-14(17)16(13)18/h5-7,11-12,15,19H,3-4,8-10H2,1-2H3. The minimum absolute atomic E-state index is 0.277. The maximum atomic E-state index is 6.35. The molecule has 1 aliphatic rings. The SMILES string of the molecule is CCNC(CC1CC(OCC)C1)c1cccc(Cl)c1Cl. The van der Waals surface area contributed by atoms with Crippen molar-refractivity contribution in [2.24, 2.45) is 5.92 Å². The van der Waals surface area contributed by atoms with Gasteiger partial charge in [0.15, 0.2) is 0 Å². The third-order valence-electron chi connectivity index (χ3n) is 3.97. The monoisotopic (exact) mass is 315 g/mol. The van der Waals surface area contributed by atoms with Crippen LogP contribution in [-0.4, -0.2) is 19.3 Å². The van der Waals surface area contributed by atoms with E-state index in [9.17, 15) is 0 Å². The lowest BCUT2D eigenvalue weighted by molar-refractivity contribution is -0.0291. The number of ether oxygens (including phenoxy) is 1. The maximum absolute atomic E-state index is 6.35. The van der Waals surface area contributed by atoms with Crippen LogP contribution >= 0.6 is 23.2 Å². The summed E-state index contributed by atoms with van der Waals surface area (Å²) in [6, 6.07) is 6.15. The van der Waals surface area contributed by atoms with Crippen LogP contribution in [0.4, 0.5) is 0 Å². The molecular formula is C16H23Cl2NO. The zero-order valence-electron chi connectivity index (χ0n) is 12.2. The number of hydrogen-bond acceptors (Lipinski definition) is 2. The van der Waals surface area contributed by atoms with Gasteiger partial charge in [-0.1, -0.05) is 42.3 Å². The summed E-state index contributed by atoms with van der Waals surface area (Å²) in [6.07, 6.45) is 3.88. The van der Waals surface area contributed by atoms with Gasteiger partial charge in [0.25, 0.3) is 0 Å². The Morgan fingerprint density at radius 3 is 2.70 bits per heavy atom. The molecule has 0 amide bonds. The number of hydrogen-bond donors (Lipinski definition) is 1. The molecule has 1 fully saturated rings. The van der Waals surface area contributed by atoms with E-state index in [-0.39, 0.29) is 6.04 Å². The molecule has 0 heterocycles. The molecule has 1 aromatic rings. The van der Waals surface area contributed by atoms with E-state index in [1.54, 1.807) is 0 Å². The average molecular weight is 316 g/mol. The van der Waals surface area contributed by atoms with E-state index in [2.05, 4.69) is 25.2 Å². The first kappa shape index (κ1) is 16.1. The molecule has 112 valence electrons. The van der Waals surface area contributed by atoms with Crippen molar-refractivity contribution in [2.45, 2.75) is 45.3 Å². The lowest BCUT2D eigenvalue weighted by Crippen LogP contribution is -2.34. The van der Waals surface area contributed by atoms with E-state index < -0.39 is 0 Å². The average Bonchev–Trinajstić information content (AvgIpc) is 2.39. The van der Waals surface area contributed by atoms with Crippen LogP contribution in [0.2, 0.25) is 10.0 Å². The summed E-state index contributed by atoms with van der Waals surface area (Å²) in [5.74, 6) is 0.714. The first-order chi connectivity index (χ1) is 9.65. The second-order valence-corrected chi connectivity index (χ2v) is 6.19. The summed E-state index contributed by atoms with van der Waals surface area (Å²) in [5, 5.41) is 4.84. The summed E-state index contributed by atoms with van der Waals surface area (Å²) in [6.45, 7) is 5.92. The number of rotatable bonds is 7. The molecule has 1 aliphatic carbocycles. The molecule has 0 spiro atoms. The van der Waals surface area contributed by atoms with E-state index >= 15 is 0 Å². The van der Waals surface area contributed by atoms with Gasteiger partial charge in [-0.2, -0.15) is 0 Å². The Morgan fingerprint density at radius 1 is 1.30 bits per heavy atom. The molecule has 0 saturated heterocycles. The Bertz CT molecular complexity index is 432. The summed E-state index contributed by atoms with van der Waals surface area (Å²) >= 11 is 12.5. The van der Waals surface area contributed by atoms with Crippen LogP contribution < -0.4 is 5.32 Å². The molecule has 1 N–H and O–H groups in total. The minimum Gasteiger partial charge on any atom is -0.378 e. The Balaban J connectivity index is 1.99. The predicted octanol–water partition coefficient (Wildman–Crippen LogP) is 4.85. The van der Waals surface area contributed by atoms with Crippen LogP contribution in [0.1, 0.15) is 44.7 Å². The number of halogens is 2. The summed E-state index contributed by atoms with van der Waals surface area (Å²) in [4.78, 5) is 0. The van der Waals surface area contributed by atoms with Crippen molar-refractivity contribution >= 4 is 23.2 Å². The highest BCUT2D eigenvalue weighted by Gasteiger charge is 2.32. The topological polar surface area (TPSA) is 21.3 Å². The molecular weight excluding hydrogens is 293 g/mol. The summed E-state index contributed by atoms with van der Waals surface area (Å²) < 4.78 is 5.63. The zero-order valence-corrected chi connectivity index (χ0v) is 13.7. The van der Waals surface area contributed by atoms with Crippen molar-refractivity contribution in [3.63, 3.8) is 0 Å². The third-order valence-corrected chi connectivity index (χ3v) is 4.80. The minimum atomic E-state index is 0.277. The van der Waals surface area contributed by atoms with Crippen LogP contribution in [0.5, 0.6) is 0 Å². The second-order valence-electron chi connectivity index (χ2n) is 5.40. The Hall–Kier alpha value is -0.280. The van der Waals surface area contributed by atoms with Crippen molar-refractivity contribution in [3.8, 4) is 0 Å². The number of nitrogens with one attached hydrogen (secondary N) is 1. The molecule has 0 aromatic heterocycles. The fourth-order valence-corrected chi connectivity index (χ4v) is 3.37. The Kier molecular flexibility index (Phi) is 6.16. The van der Waals surface area contributed by atoms with Crippen molar-refractivity contribution < 1.29 is 4.74 Å². The van der Waals surface area contributed by atoms with Crippen molar-refractivity contribution in [2.75, 3.05) is 13.2 Å². The highest BCUT2D eigenvalue weighted by molar-refractivity contribution is 6.42. The second kappa shape index (κ2) is 7.65. The van der Waals surface area contributed by atoms with Crippen LogP contribution in [0.25, 0.3) is 0 Å². The molecule has 0 radical (unpaired) electrons. The Morgan fingerprint density at radius 2 is 2.05 bits per heavy atom. The fourth-order valence-electron chi connectivity index (χ4n) is 2.93. The first-order valence-corrected chi connectivity index (χ1v) is 8.20. The van der Waals surface area contributed by atoms with E-state index in [1.165, 1.54) is 0 Å². The fraction of sp³-hybridized carbons (Fsp3) is 0.625. The van der Waals surface area contributed by atoms with Crippen LogP contribution in [0.15, 0.2) is 18.2 Å². The lowest BCUT2D eigenvalue weighted by atomic mass is 9.77. The van der Waals surface area contributed by atoms with Gasteiger partial charge in [-0.05, 0) is 50.3 Å². The Labute approximate surface area is 131 Å². The van der Waals surface area contributed by atoms with Gasteiger partial charge in [-0.3, -0.25) is 0 Å². The predicted molar refractivity (Wildman–Crippen MR) is 85.6 cm³/mol. The molecule has 1 saturated carbocycles.